The number of nitrogens with one attached hydrogen (secondary N) is 1. The summed E-state index contributed by atoms with van der Waals surface area (Å²) >= 11 is 0. The van der Waals surface area contributed by atoms with Crippen molar-refractivity contribution in [3.8, 4) is 11.5 Å². The Morgan fingerprint density at radius 2 is 1.75 bits per heavy atom. The number of hydrogen-bond donors (Lipinski definition) is 1. The molecule has 0 spiro atoms. The fourth-order valence-corrected chi connectivity index (χ4v) is 2.85. The van der Waals surface area contributed by atoms with Crippen molar-refractivity contribution in [2.24, 2.45) is 0 Å². The number of hydrogen-bond acceptors (Lipinski definition) is 5. The third-order valence-electron chi connectivity index (χ3n) is 5.31. The molecule has 0 aromatic heterocycles. The number of rotatable bonds is 6. The molecule has 3 rings (SSSR count). The Balaban J connectivity index is 1.98. The zero-order valence-corrected chi connectivity index (χ0v) is 16.3. The van der Waals surface area contributed by atoms with Gasteiger partial charge in [0, 0.05) is 6.42 Å². The van der Waals surface area contributed by atoms with Crippen molar-refractivity contribution in [1.29, 1.82) is 0 Å². The summed E-state index contributed by atoms with van der Waals surface area (Å²) in [6.45, 7) is 4.24. The van der Waals surface area contributed by atoms with E-state index in [1.54, 1.807) is 0 Å². The number of ether oxygens (including phenoxy) is 2. The second-order valence-corrected chi connectivity index (χ2v) is 7.89. The SMILES string of the molecule is COc1cc(B2OC(C)(C)C(C)(C)O2)cc(OC(F)F)c1C(=O)N[C@@H]1C[C@@H]1F. The molecule has 10 heteroatoms. The molecular weight excluding hydrogens is 378 g/mol. The number of amides is 1. The van der Waals surface area contributed by atoms with E-state index in [9.17, 15) is 18.0 Å². The van der Waals surface area contributed by atoms with Crippen LogP contribution in [0.3, 0.4) is 0 Å². The maximum absolute atomic E-state index is 13.1. The fraction of sp³-hybridized carbons (Fsp3) is 0.611. The van der Waals surface area contributed by atoms with Gasteiger partial charge in [-0.1, -0.05) is 0 Å². The van der Waals surface area contributed by atoms with Crippen molar-refractivity contribution in [1.82, 2.24) is 5.32 Å². The van der Waals surface area contributed by atoms with Crippen LogP contribution in [0.25, 0.3) is 0 Å². The van der Waals surface area contributed by atoms with Crippen molar-refractivity contribution >= 4 is 18.5 Å². The predicted molar refractivity (Wildman–Crippen MR) is 96.1 cm³/mol. The molecule has 1 saturated heterocycles. The normalized spacial score (nSPS) is 25.0. The van der Waals surface area contributed by atoms with Gasteiger partial charge in [-0.25, -0.2) is 4.39 Å². The molecule has 1 aromatic carbocycles. The molecule has 1 saturated carbocycles. The van der Waals surface area contributed by atoms with Gasteiger partial charge < -0.3 is 24.1 Å². The quantitative estimate of drug-likeness (QED) is 0.742. The summed E-state index contributed by atoms with van der Waals surface area (Å²) < 4.78 is 60.7. The van der Waals surface area contributed by atoms with E-state index in [-0.39, 0.29) is 17.7 Å². The largest absolute Gasteiger partial charge is 0.496 e. The average molecular weight is 401 g/mol. The zero-order valence-electron chi connectivity index (χ0n) is 16.3. The minimum Gasteiger partial charge on any atom is -0.496 e. The predicted octanol–water partition coefficient (Wildman–Crippen LogP) is 2.44. The van der Waals surface area contributed by atoms with E-state index < -0.39 is 48.8 Å². The first kappa shape index (κ1) is 20.8. The molecule has 154 valence electrons. The highest BCUT2D eigenvalue weighted by molar-refractivity contribution is 6.62. The first-order valence-corrected chi connectivity index (χ1v) is 8.92. The van der Waals surface area contributed by atoms with E-state index in [2.05, 4.69) is 10.1 Å². The number of carbonyl (C=O) groups is 1. The van der Waals surface area contributed by atoms with Crippen molar-refractivity contribution in [3.63, 3.8) is 0 Å². The van der Waals surface area contributed by atoms with Crippen molar-refractivity contribution < 1.29 is 36.7 Å². The Hall–Kier alpha value is -1.94. The minimum atomic E-state index is -3.17. The smallest absolute Gasteiger partial charge is 0.495 e. The lowest BCUT2D eigenvalue weighted by atomic mass is 9.78. The number of alkyl halides is 3. The lowest BCUT2D eigenvalue weighted by Gasteiger charge is -2.32. The Morgan fingerprint density at radius 3 is 2.21 bits per heavy atom. The molecule has 28 heavy (non-hydrogen) atoms. The monoisotopic (exact) mass is 401 g/mol. The van der Waals surface area contributed by atoms with E-state index in [4.69, 9.17) is 14.0 Å². The van der Waals surface area contributed by atoms with Crippen LogP contribution in [0, 0.1) is 0 Å². The molecule has 2 atom stereocenters. The molecule has 0 bridgehead atoms. The number of benzene rings is 1. The summed E-state index contributed by atoms with van der Waals surface area (Å²) in [5.41, 5.74) is -1.17. The summed E-state index contributed by atoms with van der Waals surface area (Å²) in [6.07, 6.45) is -0.955. The molecule has 0 unspecified atom stereocenters. The second-order valence-electron chi connectivity index (χ2n) is 7.89. The molecule has 2 aliphatic rings. The van der Waals surface area contributed by atoms with Crippen molar-refractivity contribution in [2.45, 2.75) is 64.1 Å². The Kier molecular flexibility index (Phi) is 5.31. The van der Waals surface area contributed by atoms with E-state index in [1.807, 2.05) is 27.7 Å². The second kappa shape index (κ2) is 7.15. The molecule has 6 nitrogen and oxygen atoms in total. The van der Waals surface area contributed by atoms with Gasteiger partial charge in [-0.2, -0.15) is 8.78 Å². The standard InChI is InChI=1S/C18H23BF3NO5/c1-17(2)18(3,4)28-19(27-17)9-6-12(25-5)14(13(7-9)26-16(21)22)15(24)23-11-8-10(11)20/h6-7,10-11,16H,8H2,1-5H3,(H,23,24)/t10-,11+/m0/s1. The summed E-state index contributed by atoms with van der Waals surface area (Å²) in [7, 11) is 0.427. The van der Waals surface area contributed by atoms with Gasteiger partial charge in [0.25, 0.3) is 5.91 Å². The van der Waals surface area contributed by atoms with E-state index >= 15 is 0 Å². The van der Waals surface area contributed by atoms with Gasteiger partial charge >= 0.3 is 13.7 Å². The van der Waals surface area contributed by atoms with Gasteiger partial charge in [-0.3, -0.25) is 4.79 Å². The molecule has 2 fully saturated rings. The van der Waals surface area contributed by atoms with Gasteiger partial charge in [-0.15, -0.1) is 0 Å². The highest BCUT2D eigenvalue weighted by Crippen LogP contribution is 2.38. The zero-order chi connectivity index (χ0) is 20.9. The van der Waals surface area contributed by atoms with Gasteiger partial charge in [0.05, 0.1) is 24.4 Å². The van der Waals surface area contributed by atoms with Crippen LogP contribution in [-0.2, 0) is 9.31 Å². The minimum absolute atomic E-state index is 0.00331. The molecule has 1 heterocycles. The van der Waals surface area contributed by atoms with E-state index in [1.165, 1.54) is 19.2 Å². The van der Waals surface area contributed by atoms with Crippen molar-refractivity contribution in [3.05, 3.63) is 17.7 Å². The molecule has 1 aliphatic carbocycles. The molecule has 1 N–H and O–H groups in total. The van der Waals surface area contributed by atoms with Crippen LogP contribution in [-0.4, -0.2) is 50.2 Å². The van der Waals surface area contributed by atoms with E-state index in [0.29, 0.717) is 5.46 Å². The van der Waals surface area contributed by atoms with Crippen LogP contribution >= 0.6 is 0 Å². The third-order valence-corrected chi connectivity index (χ3v) is 5.31. The first-order chi connectivity index (χ1) is 12.9. The van der Waals surface area contributed by atoms with Crippen LogP contribution in [0.5, 0.6) is 11.5 Å². The van der Waals surface area contributed by atoms with E-state index in [0.717, 1.165) is 0 Å². The van der Waals surface area contributed by atoms with Crippen LogP contribution < -0.4 is 20.3 Å². The molecule has 1 aliphatic heterocycles. The molecular formula is C18H23BF3NO5. The van der Waals surface area contributed by atoms with Crippen LogP contribution in [0.1, 0.15) is 44.5 Å². The number of halogens is 3. The van der Waals surface area contributed by atoms with Gasteiger partial charge in [0.15, 0.2) is 0 Å². The molecule has 1 aromatic rings. The van der Waals surface area contributed by atoms with Gasteiger partial charge in [0.1, 0.15) is 23.2 Å². The lowest BCUT2D eigenvalue weighted by molar-refractivity contribution is -0.0502. The maximum atomic E-state index is 13.1. The summed E-state index contributed by atoms with van der Waals surface area (Å²) in [4.78, 5) is 12.5. The van der Waals surface area contributed by atoms with Crippen LogP contribution in [0.4, 0.5) is 13.2 Å². The first-order valence-electron chi connectivity index (χ1n) is 8.92. The molecule has 1 amide bonds. The third kappa shape index (κ3) is 3.93. The maximum Gasteiger partial charge on any atom is 0.495 e. The van der Waals surface area contributed by atoms with Gasteiger partial charge in [0.2, 0.25) is 0 Å². The van der Waals surface area contributed by atoms with Crippen LogP contribution in [0.2, 0.25) is 0 Å². The summed E-state index contributed by atoms with van der Waals surface area (Å²) in [6, 6.07) is 2.08. The van der Waals surface area contributed by atoms with Crippen LogP contribution in [0.15, 0.2) is 12.1 Å². The highest BCUT2D eigenvalue weighted by atomic mass is 19.3. The number of carbonyl (C=O) groups excluding carboxylic acids is 1. The Bertz CT molecular complexity index is 758. The Morgan fingerprint density at radius 1 is 1.21 bits per heavy atom. The van der Waals surface area contributed by atoms with Crippen molar-refractivity contribution in [2.75, 3.05) is 7.11 Å². The number of methoxy groups -OCH3 is 1. The highest BCUT2D eigenvalue weighted by Gasteiger charge is 2.52. The Labute approximate surface area is 161 Å². The topological polar surface area (TPSA) is 66.0 Å². The lowest BCUT2D eigenvalue weighted by Crippen LogP contribution is -2.41. The average Bonchev–Trinajstić information content (AvgIpc) is 3.20. The van der Waals surface area contributed by atoms with Gasteiger partial charge in [-0.05, 0) is 45.3 Å². The molecule has 0 radical (unpaired) electrons. The fourth-order valence-electron chi connectivity index (χ4n) is 2.85. The summed E-state index contributed by atoms with van der Waals surface area (Å²) in [5, 5.41) is 2.44. The summed E-state index contributed by atoms with van der Waals surface area (Å²) in [5.74, 6) is -1.15.